The van der Waals surface area contributed by atoms with Crippen LogP contribution in [0.1, 0.15) is 5.56 Å². The molecule has 2 heterocycles. The molecule has 1 aliphatic heterocycles. The SMILES string of the molecule is Nc1cc(C(F)(F)F)c(B2OCCNCCO2)cn1. The van der Waals surface area contributed by atoms with E-state index < -0.39 is 18.9 Å². The van der Waals surface area contributed by atoms with Crippen LogP contribution in [0.5, 0.6) is 0 Å². The highest BCUT2D eigenvalue weighted by Crippen LogP contribution is 2.29. The van der Waals surface area contributed by atoms with Crippen LogP contribution in [0.15, 0.2) is 12.3 Å². The van der Waals surface area contributed by atoms with Gasteiger partial charge in [-0.2, -0.15) is 13.2 Å². The van der Waals surface area contributed by atoms with E-state index in [1.165, 1.54) is 0 Å². The Labute approximate surface area is 108 Å². The fourth-order valence-corrected chi connectivity index (χ4v) is 1.74. The van der Waals surface area contributed by atoms with Gasteiger partial charge in [0.1, 0.15) is 5.82 Å². The summed E-state index contributed by atoms with van der Waals surface area (Å²) in [6.45, 7) is 1.63. The smallest absolute Gasteiger partial charge is 0.406 e. The molecule has 9 heteroatoms. The molecule has 3 N–H and O–H groups in total. The van der Waals surface area contributed by atoms with Gasteiger partial charge in [-0.15, -0.1) is 0 Å². The van der Waals surface area contributed by atoms with Gasteiger partial charge < -0.3 is 20.4 Å². The molecule has 0 unspecified atom stereocenters. The quantitative estimate of drug-likeness (QED) is 0.707. The molecule has 1 fully saturated rings. The molecule has 0 amide bonds. The Bertz CT molecular complexity index is 437. The largest absolute Gasteiger partial charge is 0.496 e. The number of alkyl halides is 3. The molecule has 0 atom stereocenters. The van der Waals surface area contributed by atoms with Gasteiger partial charge in [-0.1, -0.05) is 0 Å². The second kappa shape index (κ2) is 5.76. The topological polar surface area (TPSA) is 69.4 Å². The number of anilines is 1. The van der Waals surface area contributed by atoms with Crippen molar-refractivity contribution in [1.82, 2.24) is 10.3 Å². The van der Waals surface area contributed by atoms with Crippen LogP contribution in [-0.4, -0.2) is 38.4 Å². The van der Waals surface area contributed by atoms with E-state index in [4.69, 9.17) is 15.0 Å². The summed E-state index contributed by atoms with van der Waals surface area (Å²) in [6.07, 6.45) is -3.47. The lowest BCUT2D eigenvalue weighted by molar-refractivity contribution is -0.136. The molecule has 2 rings (SSSR count). The van der Waals surface area contributed by atoms with E-state index in [9.17, 15) is 13.2 Å². The number of nitrogens with one attached hydrogen (secondary N) is 1. The van der Waals surface area contributed by atoms with Crippen LogP contribution in [0.4, 0.5) is 19.0 Å². The van der Waals surface area contributed by atoms with E-state index in [2.05, 4.69) is 10.3 Å². The molecule has 1 aliphatic rings. The first kappa shape index (κ1) is 14.1. The van der Waals surface area contributed by atoms with Gasteiger partial charge in [0.15, 0.2) is 0 Å². The maximum absolute atomic E-state index is 13.0. The van der Waals surface area contributed by atoms with Gasteiger partial charge in [0.2, 0.25) is 0 Å². The summed E-state index contributed by atoms with van der Waals surface area (Å²) < 4.78 is 49.4. The van der Waals surface area contributed by atoms with Crippen LogP contribution in [0, 0.1) is 0 Å². The molecule has 0 saturated carbocycles. The number of hydrogen-bond acceptors (Lipinski definition) is 5. The zero-order chi connectivity index (χ0) is 13.9. The normalized spacial score (nSPS) is 17.9. The van der Waals surface area contributed by atoms with Crippen molar-refractivity contribution in [1.29, 1.82) is 0 Å². The van der Waals surface area contributed by atoms with Crippen molar-refractivity contribution < 1.29 is 22.5 Å². The summed E-state index contributed by atoms with van der Waals surface area (Å²) in [5.74, 6) is -0.191. The molecule has 0 aliphatic carbocycles. The van der Waals surface area contributed by atoms with Crippen molar-refractivity contribution in [2.75, 3.05) is 32.0 Å². The molecule has 0 bridgehead atoms. The zero-order valence-corrected chi connectivity index (χ0v) is 10.0. The molecule has 0 spiro atoms. The summed E-state index contributed by atoms with van der Waals surface area (Å²) in [5.41, 5.74) is 4.28. The third-order valence-corrected chi connectivity index (χ3v) is 2.61. The number of rotatable bonds is 1. The lowest BCUT2D eigenvalue weighted by Gasteiger charge is -2.21. The van der Waals surface area contributed by atoms with Gasteiger partial charge in [0.05, 0.1) is 5.56 Å². The van der Waals surface area contributed by atoms with Crippen LogP contribution in [-0.2, 0) is 15.5 Å². The molecular weight excluding hydrogens is 262 g/mol. The van der Waals surface area contributed by atoms with Crippen molar-refractivity contribution in [2.24, 2.45) is 0 Å². The second-order valence-corrected chi connectivity index (χ2v) is 4.02. The van der Waals surface area contributed by atoms with E-state index in [0.29, 0.717) is 13.1 Å². The highest BCUT2D eigenvalue weighted by molar-refractivity contribution is 6.61. The number of pyridine rings is 1. The van der Waals surface area contributed by atoms with Gasteiger partial charge in [-0.05, 0) is 6.07 Å². The molecule has 0 radical (unpaired) electrons. The minimum atomic E-state index is -4.53. The molecule has 1 aromatic rings. The number of nitrogen functional groups attached to an aromatic ring is 1. The predicted molar refractivity (Wildman–Crippen MR) is 63.8 cm³/mol. The summed E-state index contributed by atoms with van der Waals surface area (Å²) >= 11 is 0. The zero-order valence-electron chi connectivity index (χ0n) is 10.0. The number of aromatic nitrogens is 1. The van der Waals surface area contributed by atoms with Gasteiger partial charge >= 0.3 is 13.3 Å². The van der Waals surface area contributed by atoms with Gasteiger partial charge in [-0.25, -0.2) is 4.98 Å². The van der Waals surface area contributed by atoms with E-state index >= 15 is 0 Å². The Morgan fingerprint density at radius 1 is 1.26 bits per heavy atom. The monoisotopic (exact) mass is 275 g/mol. The van der Waals surface area contributed by atoms with Crippen molar-refractivity contribution in [3.8, 4) is 0 Å². The van der Waals surface area contributed by atoms with E-state index in [1.54, 1.807) is 0 Å². The molecule has 1 aromatic heterocycles. The Morgan fingerprint density at radius 2 is 1.89 bits per heavy atom. The van der Waals surface area contributed by atoms with Crippen molar-refractivity contribution in [2.45, 2.75) is 6.18 Å². The fourth-order valence-electron chi connectivity index (χ4n) is 1.74. The maximum atomic E-state index is 13.0. The predicted octanol–water partition coefficient (Wildman–Crippen LogP) is 0.0142. The maximum Gasteiger partial charge on any atom is 0.496 e. The summed E-state index contributed by atoms with van der Waals surface area (Å²) in [5, 5.41) is 3.01. The second-order valence-electron chi connectivity index (χ2n) is 4.02. The van der Waals surface area contributed by atoms with Crippen LogP contribution in [0.2, 0.25) is 0 Å². The average Bonchev–Trinajstić information content (AvgIpc) is 2.28. The van der Waals surface area contributed by atoms with Crippen molar-refractivity contribution in [3.63, 3.8) is 0 Å². The minimum Gasteiger partial charge on any atom is -0.406 e. The first-order valence-electron chi connectivity index (χ1n) is 5.75. The lowest BCUT2D eigenvalue weighted by atomic mass is 9.76. The Hall–Kier alpha value is -1.32. The molecule has 104 valence electrons. The minimum absolute atomic E-state index is 0.149. The van der Waals surface area contributed by atoms with Gasteiger partial charge in [-0.3, -0.25) is 0 Å². The molecular formula is C10H13BF3N3O2. The standard InChI is InChI=1S/C10H13BF3N3O2/c12-10(13,14)7-5-9(15)17-6-8(7)11-18-3-1-16-2-4-19-11/h5-6,16H,1-4H2,(H2,15,17). The van der Waals surface area contributed by atoms with E-state index in [-0.39, 0.29) is 24.5 Å². The van der Waals surface area contributed by atoms with Crippen LogP contribution < -0.4 is 16.5 Å². The molecule has 5 nitrogen and oxygen atoms in total. The number of nitrogens with two attached hydrogens (primary N) is 1. The van der Waals surface area contributed by atoms with E-state index in [1.807, 2.05) is 0 Å². The summed E-state index contributed by atoms with van der Waals surface area (Å²) in [7, 11) is -1.08. The molecule has 1 saturated heterocycles. The fraction of sp³-hybridized carbons (Fsp3) is 0.500. The Morgan fingerprint density at radius 3 is 2.47 bits per heavy atom. The van der Waals surface area contributed by atoms with E-state index in [0.717, 1.165) is 12.3 Å². The Kier molecular flexibility index (Phi) is 4.28. The third kappa shape index (κ3) is 3.58. The van der Waals surface area contributed by atoms with Crippen LogP contribution in [0.3, 0.4) is 0 Å². The van der Waals surface area contributed by atoms with Crippen LogP contribution >= 0.6 is 0 Å². The average molecular weight is 275 g/mol. The Balaban J connectivity index is 2.31. The lowest BCUT2D eigenvalue weighted by Crippen LogP contribution is -2.45. The van der Waals surface area contributed by atoms with Crippen LogP contribution in [0.25, 0.3) is 0 Å². The number of hydrogen-bond donors (Lipinski definition) is 2. The highest BCUT2D eigenvalue weighted by Gasteiger charge is 2.39. The first-order valence-corrected chi connectivity index (χ1v) is 5.75. The van der Waals surface area contributed by atoms with Gasteiger partial charge in [0, 0.05) is 38.0 Å². The summed E-state index contributed by atoms with van der Waals surface area (Å²) in [4.78, 5) is 3.68. The first-order chi connectivity index (χ1) is 8.98. The highest BCUT2D eigenvalue weighted by atomic mass is 19.4. The third-order valence-electron chi connectivity index (χ3n) is 2.61. The number of nitrogens with zero attached hydrogens (tertiary/aromatic N) is 1. The molecule has 0 aromatic carbocycles. The van der Waals surface area contributed by atoms with Gasteiger partial charge in [0.25, 0.3) is 0 Å². The van der Waals surface area contributed by atoms with Crippen molar-refractivity contribution in [3.05, 3.63) is 17.8 Å². The molecule has 19 heavy (non-hydrogen) atoms. The van der Waals surface area contributed by atoms with Crippen molar-refractivity contribution >= 4 is 18.4 Å². The number of halogens is 3. The summed E-state index contributed by atoms with van der Waals surface area (Å²) in [6, 6.07) is 0.791.